The van der Waals surface area contributed by atoms with Gasteiger partial charge < -0.3 is 49.7 Å². The monoisotopic (exact) mass is 836 g/mol. The van der Waals surface area contributed by atoms with E-state index in [1.165, 1.54) is 12.1 Å². The lowest BCUT2D eigenvalue weighted by Crippen LogP contribution is -2.59. The molecule has 4 aliphatic rings. The van der Waals surface area contributed by atoms with E-state index in [1.807, 2.05) is 20.8 Å². The Morgan fingerprint density at radius 1 is 0.879 bits per heavy atom. The second-order valence-electron chi connectivity index (χ2n) is 18.0. The van der Waals surface area contributed by atoms with Crippen molar-refractivity contribution >= 4 is 37.6 Å². The summed E-state index contributed by atoms with van der Waals surface area (Å²) in [6.45, 7) is 16.5. The third kappa shape index (κ3) is 11.4. The van der Waals surface area contributed by atoms with Crippen LogP contribution in [0.15, 0.2) is 24.5 Å². The summed E-state index contributed by atoms with van der Waals surface area (Å²) < 4.78 is 50.1. The first kappa shape index (κ1) is 46.7. The van der Waals surface area contributed by atoms with Crippen LogP contribution >= 0.6 is 0 Å². The number of alkyl carbamates (subject to hydrolysis) is 1. The Hall–Kier alpha value is -3.97. The van der Waals surface area contributed by atoms with Gasteiger partial charge in [0.05, 0.1) is 31.1 Å². The highest BCUT2D eigenvalue weighted by atomic mass is 28.4. The minimum Gasteiger partial charge on any atom is -0.466 e. The molecule has 2 fully saturated rings. The number of nitrogens with zero attached hydrogens (tertiary/aromatic N) is 4. The van der Waals surface area contributed by atoms with E-state index >= 15 is 0 Å². The number of aliphatic hydroxyl groups is 2. The zero-order valence-electron chi connectivity index (χ0n) is 35.3. The Balaban J connectivity index is 0.000000274. The van der Waals surface area contributed by atoms with E-state index < -0.39 is 42.7 Å². The summed E-state index contributed by atoms with van der Waals surface area (Å²) in [4.78, 5) is 48.8. The fourth-order valence-electron chi connectivity index (χ4n) is 7.24. The molecule has 4 heterocycles. The van der Waals surface area contributed by atoms with Gasteiger partial charge in [-0.15, -0.1) is 0 Å². The summed E-state index contributed by atoms with van der Waals surface area (Å²) in [5.74, 6) is -0.907. The van der Waals surface area contributed by atoms with E-state index in [2.05, 4.69) is 49.1 Å². The summed E-state index contributed by atoms with van der Waals surface area (Å²) >= 11 is 0. The maximum Gasteiger partial charge on any atom is 0.408 e. The van der Waals surface area contributed by atoms with Crippen molar-refractivity contribution in [3.8, 4) is 11.8 Å². The number of hydrogen-bond donors (Lipinski definition) is 4. The van der Waals surface area contributed by atoms with Crippen LogP contribution in [0.3, 0.4) is 0 Å². The van der Waals surface area contributed by atoms with Crippen LogP contribution in [0.25, 0.3) is 0 Å². The zero-order chi connectivity index (χ0) is 43.3. The number of amides is 3. The molecule has 2 aliphatic carbocycles. The largest absolute Gasteiger partial charge is 0.466 e. The maximum atomic E-state index is 13.9. The molecule has 5 N–H and O–H groups in total. The van der Waals surface area contributed by atoms with Crippen LogP contribution in [0.4, 0.5) is 25.0 Å². The summed E-state index contributed by atoms with van der Waals surface area (Å²) in [5, 5.41) is 19.4. The second kappa shape index (κ2) is 18.5. The van der Waals surface area contributed by atoms with Crippen LogP contribution in [0.2, 0.25) is 18.1 Å². The molecule has 2 aromatic heterocycles. The zero-order valence-corrected chi connectivity index (χ0v) is 36.3. The minimum atomic E-state index is -2.07. The van der Waals surface area contributed by atoms with Crippen molar-refractivity contribution in [1.29, 1.82) is 0 Å². The van der Waals surface area contributed by atoms with Crippen molar-refractivity contribution in [2.45, 2.75) is 140 Å². The number of aliphatic hydroxyl groups excluding tert-OH is 2. The fraction of sp³-hybridized carbons (Fsp3) is 0.675. The van der Waals surface area contributed by atoms with Gasteiger partial charge in [-0.25, -0.2) is 23.5 Å². The van der Waals surface area contributed by atoms with Gasteiger partial charge in [-0.1, -0.05) is 20.8 Å². The number of nitrogens with one attached hydrogen (secondary N) is 1. The molecule has 3 amide bonds. The molecule has 2 aliphatic heterocycles. The Bertz CT molecular complexity index is 1760. The van der Waals surface area contributed by atoms with Crippen LogP contribution in [0.1, 0.15) is 92.9 Å². The van der Waals surface area contributed by atoms with Crippen molar-refractivity contribution in [1.82, 2.24) is 15.3 Å². The van der Waals surface area contributed by atoms with Gasteiger partial charge in [-0.05, 0) is 90.3 Å². The lowest BCUT2D eigenvalue weighted by atomic mass is 9.79. The molecule has 0 unspecified atom stereocenters. The van der Waals surface area contributed by atoms with Crippen molar-refractivity contribution in [3.63, 3.8) is 0 Å². The van der Waals surface area contributed by atoms with Crippen molar-refractivity contribution in [2.24, 2.45) is 5.73 Å². The third-order valence-corrected chi connectivity index (χ3v) is 16.0. The minimum absolute atomic E-state index is 0.0261. The van der Waals surface area contributed by atoms with Gasteiger partial charge in [-0.2, -0.15) is 0 Å². The van der Waals surface area contributed by atoms with Gasteiger partial charge in [0.1, 0.15) is 28.6 Å². The van der Waals surface area contributed by atoms with Gasteiger partial charge in [0, 0.05) is 36.9 Å². The number of nitrogens with two attached hydrogens (primary N) is 1. The number of carbonyl (C=O) groups excluding carboxylic acids is 3. The number of carbonyl (C=O) groups is 3. The summed E-state index contributed by atoms with van der Waals surface area (Å²) in [6.07, 6.45) is 6.66. The summed E-state index contributed by atoms with van der Waals surface area (Å²) in [5.41, 5.74) is 4.98. The first-order chi connectivity index (χ1) is 27.0. The molecule has 2 aromatic rings. The van der Waals surface area contributed by atoms with E-state index in [4.69, 9.17) is 29.5 Å². The molecule has 0 radical (unpaired) electrons. The van der Waals surface area contributed by atoms with E-state index in [9.17, 15) is 28.3 Å². The van der Waals surface area contributed by atoms with Crippen molar-refractivity contribution in [3.05, 3.63) is 36.2 Å². The number of aromatic nitrogens is 2. The van der Waals surface area contributed by atoms with Crippen molar-refractivity contribution < 1.29 is 52.0 Å². The highest BCUT2D eigenvalue weighted by Gasteiger charge is 2.46. The molecule has 0 spiro atoms. The van der Waals surface area contributed by atoms with E-state index in [0.29, 0.717) is 69.3 Å². The van der Waals surface area contributed by atoms with E-state index in [-0.39, 0.29) is 60.5 Å². The highest BCUT2D eigenvalue weighted by molar-refractivity contribution is 6.74. The number of pyridine rings is 2. The van der Waals surface area contributed by atoms with Crippen LogP contribution in [0, 0.1) is 11.6 Å². The van der Waals surface area contributed by atoms with Gasteiger partial charge >= 0.3 is 6.09 Å². The first-order valence-corrected chi connectivity index (χ1v) is 22.7. The average molecular weight is 837 g/mol. The van der Waals surface area contributed by atoms with Crippen LogP contribution in [-0.4, -0.2) is 109 Å². The van der Waals surface area contributed by atoms with Crippen molar-refractivity contribution in [2.75, 3.05) is 43.3 Å². The molecule has 15 nitrogen and oxygen atoms in total. The lowest BCUT2D eigenvalue weighted by molar-refractivity contribution is -0.122. The molecule has 6 rings (SSSR count). The molecular formula is C40H62F2N6O9Si. The third-order valence-electron chi connectivity index (χ3n) is 11.5. The Labute approximate surface area is 341 Å². The quantitative estimate of drug-likeness (QED) is 0.261. The molecular weight excluding hydrogens is 775 g/mol. The molecule has 58 heavy (non-hydrogen) atoms. The number of ether oxygens (including phenoxy) is 3. The summed E-state index contributed by atoms with van der Waals surface area (Å²) in [7, 11) is -1.07. The topological polar surface area (TPSA) is 199 Å². The number of halogens is 2. The van der Waals surface area contributed by atoms with Crippen LogP contribution in [0.5, 0.6) is 11.8 Å². The fourth-order valence-corrected chi connectivity index (χ4v) is 8.31. The van der Waals surface area contributed by atoms with Gasteiger partial charge in [-0.3, -0.25) is 9.59 Å². The number of rotatable bonds is 7. The number of fused-ring (bicyclic) bond motifs is 2. The molecule has 0 bridgehead atoms. The normalized spacial score (nSPS) is 24.7. The highest BCUT2D eigenvalue weighted by Crippen LogP contribution is 2.42. The molecule has 2 saturated carbocycles. The molecule has 324 valence electrons. The van der Waals surface area contributed by atoms with E-state index in [1.54, 1.807) is 9.80 Å². The standard InChI is InChI=1S/C25H40FN3O5Si.C14H18FN3O3.CH4O/c1-23(2,3)34-22(31)28-25(16-33-35(7,8)24(4,5)6)11-9-18(10-12-25)29-19-13-17(26)14-27-21(19)32-15-20(29)30;15-9-5-11-13(17-6-9)21-7-12(20)18(11)10-1-3-14(16,8-19)4-2-10;1-2/h13-14,18H,9-12,15-16H2,1-8H3,(H,28,31);5-6,10,19H,1-4,7-8,16H2;2H,1H3. The first-order valence-electron chi connectivity index (χ1n) is 19.7. The van der Waals surface area contributed by atoms with Crippen LogP contribution < -0.4 is 30.3 Å². The molecule has 0 aromatic carbocycles. The Morgan fingerprint density at radius 2 is 1.31 bits per heavy atom. The smallest absolute Gasteiger partial charge is 0.408 e. The SMILES string of the molecule is CC(C)(C)OC(=O)NC1(CO[Si](C)(C)C(C)(C)C)CCC(N2C(=O)COc3ncc(F)cc32)CC1.CO.NC1(CO)CCC(N2C(=O)COc3ncc(F)cc32)CC1. The Kier molecular flexibility index (Phi) is 14.9. The molecule has 0 atom stereocenters. The Morgan fingerprint density at radius 3 is 1.71 bits per heavy atom. The predicted octanol–water partition coefficient (Wildman–Crippen LogP) is 5.36. The second-order valence-corrected chi connectivity index (χ2v) is 22.8. The summed E-state index contributed by atoms with van der Waals surface area (Å²) in [6, 6.07) is 2.35. The van der Waals surface area contributed by atoms with Gasteiger partial charge in [0.25, 0.3) is 11.8 Å². The van der Waals surface area contributed by atoms with E-state index in [0.717, 1.165) is 19.5 Å². The lowest BCUT2D eigenvalue weighted by Gasteiger charge is -2.46. The van der Waals surface area contributed by atoms with Gasteiger partial charge in [0.15, 0.2) is 21.5 Å². The van der Waals surface area contributed by atoms with Gasteiger partial charge in [0.2, 0.25) is 11.8 Å². The molecule has 18 heteroatoms. The average Bonchev–Trinajstić information content (AvgIpc) is 3.15. The number of hydrogen-bond acceptors (Lipinski definition) is 12. The number of anilines is 2. The molecule has 0 saturated heterocycles. The maximum absolute atomic E-state index is 13.9. The van der Waals surface area contributed by atoms with Crippen LogP contribution in [-0.2, 0) is 18.8 Å². The predicted molar refractivity (Wildman–Crippen MR) is 216 cm³/mol.